The van der Waals surface area contributed by atoms with E-state index < -0.39 is 5.97 Å². The number of rotatable bonds is 7. The molecule has 0 saturated carbocycles. The van der Waals surface area contributed by atoms with E-state index >= 15 is 0 Å². The highest BCUT2D eigenvalue weighted by Crippen LogP contribution is 2.33. The number of methoxy groups -OCH3 is 3. The molecule has 2 rings (SSSR count). The summed E-state index contributed by atoms with van der Waals surface area (Å²) in [5.41, 5.74) is 1.79. The number of esters is 1. The zero-order chi connectivity index (χ0) is 19.8. The van der Waals surface area contributed by atoms with Gasteiger partial charge in [-0.3, -0.25) is 4.79 Å². The molecule has 0 bridgehead atoms. The number of halogens is 1. The third-order valence-electron chi connectivity index (χ3n) is 3.65. The van der Waals surface area contributed by atoms with Crippen molar-refractivity contribution in [2.75, 3.05) is 27.2 Å². The normalized spacial score (nSPS) is 10.7. The predicted octanol–water partition coefficient (Wildman–Crippen LogP) is 3.92. The Balaban J connectivity index is 2.40. The molecule has 2 aromatic rings. The van der Waals surface area contributed by atoms with Crippen LogP contribution in [0.25, 0.3) is 11.6 Å². The van der Waals surface area contributed by atoms with Crippen molar-refractivity contribution >= 4 is 29.2 Å². The molecule has 0 spiro atoms. The number of nitriles is 1. The first kappa shape index (κ1) is 20.1. The maximum absolute atomic E-state index is 11.4. The summed E-state index contributed by atoms with van der Waals surface area (Å²) in [5, 5.41) is 9.56. The van der Waals surface area contributed by atoms with Gasteiger partial charge < -0.3 is 18.9 Å². The number of alkyl halides is 1. The van der Waals surface area contributed by atoms with E-state index in [2.05, 4.69) is 6.07 Å². The van der Waals surface area contributed by atoms with E-state index in [0.29, 0.717) is 33.9 Å². The topological polar surface area (TPSA) is 77.8 Å². The average Bonchev–Trinajstić information content (AvgIpc) is 2.72. The molecule has 6 nitrogen and oxygen atoms in total. The molecule has 0 aliphatic rings. The third-order valence-corrected chi connectivity index (χ3v) is 3.86. The molecule has 0 heterocycles. The Labute approximate surface area is 162 Å². The van der Waals surface area contributed by atoms with Crippen molar-refractivity contribution in [3.05, 3.63) is 47.5 Å². The first-order valence-corrected chi connectivity index (χ1v) is 8.38. The van der Waals surface area contributed by atoms with Crippen molar-refractivity contribution < 1.29 is 23.7 Å². The highest BCUT2D eigenvalue weighted by molar-refractivity contribution is 6.26. The van der Waals surface area contributed by atoms with Gasteiger partial charge in [-0.25, -0.2) is 0 Å². The molecule has 7 heteroatoms. The molecular weight excluding hydrogens is 370 g/mol. The number of benzene rings is 2. The number of carbonyl (C=O) groups is 1. The lowest BCUT2D eigenvalue weighted by Crippen LogP contribution is -2.09. The standard InChI is InChI=1S/C20H18ClNO5/c1-24-16-7-5-14(10-19(16)26-3)15(12-22)8-13-4-6-17(18(9-13)25-2)27-20(23)11-21/h4-10H,11H2,1-3H3/b15-8-. The average molecular weight is 388 g/mol. The largest absolute Gasteiger partial charge is 0.493 e. The second-order valence-corrected chi connectivity index (χ2v) is 5.52. The van der Waals surface area contributed by atoms with E-state index in [9.17, 15) is 10.1 Å². The quantitative estimate of drug-likeness (QED) is 0.235. The molecule has 0 unspecified atom stereocenters. The number of ether oxygens (including phenoxy) is 4. The Bertz CT molecular complexity index is 902. The summed E-state index contributed by atoms with van der Waals surface area (Å²) in [6.45, 7) is 0. The van der Waals surface area contributed by atoms with Crippen molar-refractivity contribution in [2.45, 2.75) is 0 Å². The Morgan fingerprint density at radius 3 is 2.22 bits per heavy atom. The summed E-state index contributed by atoms with van der Waals surface area (Å²) in [6, 6.07) is 12.3. The first-order valence-electron chi connectivity index (χ1n) is 7.85. The van der Waals surface area contributed by atoms with Gasteiger partial charge in [0.2, 0.25) is 0 Å². The SMILES string of the molecule is COc1ccc(/C(C#N)=C\c2ccc(OC(=O)CCl)c(OC)c2)cc1OC. The van der Waals surface area contributed by atoms with Crippen LogP contribution in [0.3, 0.4) is 0 Å². The summed E-state index contributed by atoms with van der Waals surface area (Å²) in [4.78, 5) is 11.4. The number of nitrogens with zero attached hydrogens (tertiary/aromatic N) is 1. The van der Waals surface area contributed by atoms with Crippen LogP contribution >= 0.6 is 11.6 Å². The maximum Gasteiger partial charge on any atom is 0.326 e. The number of hydrogen-bond acceptors (Lipinski definition) is 6. The Hall–Kier alpha value is -3.17. The molecule has 0 fully saturated rings. The Morgan fingerprint density at radius 2 is 1.63 bits per heavy atom. The fourth-order valence-electron chi connectivity index (χ4n) is 2.36. The first-order chi connectivity index (χ1) is 13.1. The summed E-state index contributed by atoms with van der Waals surface area (Å²) in [5.74, 6) is 0.865. The molecule has 0 radical (unpaired) electrons. The van der Waals surface area contributed by atoms with Gasteiger partial charge in [0.15, 0.2) is 23.0 Å². The van der Waals surface area contributed by atoms with E-state index in [1.54, 1.807) is 49.6 Å². The highest BCUT2D eigenvalue weighted by Gasteiger charge is 2.11. The monoisotopic (exact) mass is 387 g/mol. The minimum Gasteiger partial charge on any atom is -0.493 e. The summed E-state index contributed by atoms with van der Waals surface area (Å²) in [6.07, 6.45) is 1.69. The van der Waals surface area contributed by atoms with Crippen LogP contribution in [0.4, 0.5) is 0 Å². The van der Waals surface area contributed by atoms with Gasteiger partial charge in [-0.15, -0.1) is 11.6 Å². The molecule has 0 aliphatic carbocycles. The van der Waals surface area contributed by atoms with Gasteiger partial charge >= 0.3 is 5.97 Å². The minimum atomic E-state index is -0.582. The predicted molar refractivity (Wildman–Crippen MR) is 102 cm³/mol. The lowest BCUT2D eigenvalue weighted by atomic mass is 10.0. The van der Waals surface area contributed by atoms with Gasteiger partial charge in [-0.2, -0.15) is 5.26 Å². The fraction of sp³-hybridized carbons (Fsp3) is 0.200. The summed E-state index contributed by atoms with van der Waals surface area (Å²) in [7, 11) is 4.53. The number of hydrogen-bond donors (Lipinski definition) is 0. The van der Waals surface area contributed by atoms with Crippen LogP contribution in [0, 0.1) is 11.3 Å². The zero-order valence-electron chi connectivity index (χ0n) is 15.1. The van der Waals surface area contributed by atoms with Gasteiger partial charge in [0, 0.05) is 0 Å². The number of allylic oxidation sites excluding steroid dienone is 1. The van der Waals surface area contributed by atoms with Crippen LogP contribution in [0.1, 0.15) is 11.1 Å². The van der Waals surface area contributed by atoms with Crippen molar-refractivity contribution in [2.24, 2.45) is 0 Å². The lowest BCUT2D eigenvalue weighted by Gasteiger charge is -2.10. The molecule has 0 aliphatic heterocycles. The molecule has 0 N–H and O–H groups in total. The molecule has 2 aromatic carbocycles. The van der Waals surface area contributed by atoms with Crippen LogP contribution in [0.15, 0.2) is 36.4 Å². The molecule has 27 heavy (non-hydrogen) atoms. The lowest BCUT2D eigenvalue weighted by molar-refractivity contribution is -0.131. The third kappa shape index (κ3) is 4.93. The van der Waals surface area contributed by atoms with Crippen molar-refractivity contribution in [3.63, 3.8) is 0 Å². The molecule has 0 saturated heterocycles. The van der Waals surface area contributed by atoms with Crippen molar-refractivity contribution in [1.29, 1.82) is 5.26 Å². The minimum absolute atomic E-state index is 0.255. The number of carbonyl (C=O) groups excluding carboxylic acids is 1. The Kier molecular flexibility index (Phi) is 7.09. The van der Waals surface area contributed by atoms with Gasteiger partial charge in [0.1, 0.15) is 5.88 Å². The molecule has 0 aromatic heterocycles. The van der Waals surface area contributed by atoms with Gasteiger partial charge in [-0.1, -0.05) is 6.07 Å². The molecular formula is C20H18ClNO5. The van der Waals surface area contributed by atoms with E-state index in [1.807, 2.05) is 0 Å². The van der Waals surface area contributed by atoms with Gasteiger partial charge in [0.25, 0.3) is 0 Å². The van der Waals surface area contributed by atoms with E-state index in [4.69, 9.17) is 30.5 Å². The van der Waals surface area contributed by atoms with Gasteiger partial charge in [-0.05, 0) is 47.5 Å². The molecule has 0 amide bonds. The molecule has 140 valence electrons. The van der Waals surface area contributed by atoms with E-state index in [1.165, 1.54) is 14.2 Å². The van der Waals surface area contributed by atoms with Crippen LogP contribution in [-0.4, -0.2) is 33.2 Å². The van der Waals surface area contributed by atoms with Crippen LogP contribution in [0.5, 0.6) is 23.0 Å². The van der Waals surface area contributed by atoms with E-state index in [-0.39, 0.29) is 11.6 Å². The van der Waals surface area contributed by atoms with E-state index in [0.717, 1.165) is 0 Å². The second-order valence-electron chi connectivity index (χ2n) is 5.26. The van der Waals surface area contributed by atoms with Gasteiger partial charge in [0.05, 0.1) is 33.0 Å². The fourth-order valence-corrected chi connectivity index (χ4v) is 2.41. The molecule has 0 atom stereocenters. The highest BCUT2D eigenvalue weighted by atomic mass is 35.5. The van der Waals surface area contributed by atoms with Crippen LogP contribution < -0.4 is 18.9 Å². The zero-order valence-corrected chi connectivity index (χ0v) is 15.9. The smallest absolute Gasteiger partial charge is 0.326 e. The van der Waals surface area contributed by atoms with Crippen molar-refractivity contribution in [3.8, 4) is 29.1 Å². The second kappa shape index (κ2) is 9.51. The van der Waals surface area contributed by atoms with Crippen molar-refractivity contribution in [1.82, 2.24) is 0 Å². The summed E-state index contributed by atoms with van der Waals surface area (Å²) >= 11 is 5.45. The summed E-state index contributed by atoms with van der Waals surface area (Å²) < 4.78 is 20.8. The van der Waals surface area contributed by atoms with Crippen LogP contribution in [0.2, 0.25) is 0 Å². The van der Waals surface area contributed by atoms with Crippen LogP contribution in [-0.2, 0) is 4.79 Å². The maximum atomic E-state index is 11.4. The Morgan fingerprint density at radius 1 is 1.00 bits per heavy atom.